The summed E-state index contributed by atoms with van der Waals surface area (Å²) in [6.07, 6.45) is 2.20. The van der Waals surface area contributed by atoms with Gasteiger partial charge in [-0.1, -0.05) is 6.92 Å². The molecule has 21 heavy (non-hydrogen) atoms. The lowest BCUT2D eigenvalue weighted by Gasteiger charge is -2.31. The predicted octanol–water partition coefficient (Wildman–Crippen LogP) is -0.220. The van der Waals surface area contributed by atoms with E-state index in [-0.39, 0.29) is 12.5 Å². The lowest BCUT2D eigenvalue weighted by Crippen LogP contribution is -2.47. The first-order valence-electron chi connectivity index (χ1n) is 7.65. The number of likely N-dealkylation sites (tertiary alicyclic amines) is 1. The molecule has 0 aromatic rings. The Hall–Kier alpha value is -1.18. The second kappa shape index (κ2) is 10.5. The third kappa shape index (κ3) is 7.99. The number of urea groups is 1. The van der Waals surface area contributed by atoms with E-state index in [2.05, 4.69) is 27.8 Å². The molecular formula is C14H28N4O3. The number of imide groups is 1. The number of nitrogens with zero attached hydrogens (tertiary/aromatic N) is 1. The van der Waals surface area contributed by atoms with Gasteiger partial charge in [0.15, 0.2) is 0 Å². The van der Waals surface area contributed by atoms with Gasteiger partial charge in [-0.2, -0.15) is 0 Å². The predicted molar refractivity (Wildman–Crippen MR) is 81.1 cm³/mol. The van der Waals surface area contributed by atoms with Crippen molar-refractivity contribution in [2.75, 3.05) is 53.0 Å². The average molecular weight is 300 g/mol. The minimum atomic E-state index is -0.459. The van der Waals surface area contributed by atoms with Crippen LogP contribution in [0.1, 0.15) is 19.8 Å². The Bertz CT molecular complexity index is 317. The van der Waals surface area contributed by atoms with Crippen molar-refractivity contribution in [3.05, 3.63) is 0 Å². The largest absolute Gasteiger partial charge is 0.383 e. The molecule has 0 atom stereocenters. The summed E-state index contributed by atoms with van der Waals surface area (Å²) in [5.41, 5.74) is 0. The van der Waals surface area contributed by atoms with Gasteiger partial charge < -0.3 is 15.4 Å². The number of hydrogen-bond donors (Lipinski definition) is 3. The second-order valence-corrected chi connectivity index (χ2v) is 5.32. The Morgan fingerprint density at radius 3 is 2.62 bits per heavy atom. The SMILES string of the molecule is CCNCC1CCN(CC(=O)NC(=O)NCCOC)CC1. The number of amides is 3. The van der Waals surface area contributed by atoms with Crippen LogP contribution in [-0.4, -0.2) is 69.8 Å². The lowest BCUT2D eigenvalue weighted by atomic mass is 9.97. The highest BCUT2D eigenvalue weighted by atomic mass is 16.5. The normalized spacial score (nSPS) is 16.7. The number of carbonyl (C=O) groups is 2. The van der Waals surface area contributed by atoms with E-state index in [1.807, 2.05) is 0 Å². The van der Waals surface area contributed by atoms with Crippen molar-refractivity contribution in [2.24, 2.45) is 5.92 Å². The third-order valence-electron chi connectivity index (χ3n) is 3.60. The van der Waals surface area contributed by atoms with Gasteiger partial charge in [0, 0.05) is 13.7 Å². The van der Waals surface area contributed by atoms with Crippen LogP contribution in [0.5, 0.6) is 0 Å². The van der Waals surface area contributed by atoms with Gasteiger partial charge in [0.2, 0.25) is 5.91 Å². The number of methoxy groups -OCH3 is 1. The maximum Gasteiger partial charge on any atom is 0.321 e. The van der Waals surface area contributed by atoms with Crippen LogP contribution in [0.15, 0.2) is 0 Å². The summed E-state index contributed by atoms with van der Waals surface area (Å²) >= 11 is 0. The molecular weight excluding hydrogens is 272 g/mol. The number of ether oxygens (including phenoxy) is 1. The Balaban J connectivity index is 2.14. The average Bonchev–Trinajstić information content (AvgIpc) is 2.46. The molecule has 0 bridgehead atoms. The number of piperidine rings is 1. The minimum absolute atomic E-state index is 0.255. The molecule has 7 nitrogen and oxygen atoms in total. The first-order chi connectivity index (χ1) is 10.2. The van der Waals surface area contributed by atoms with Crippen molar-refractivity contribution in [3.8, 4) is 0 Å². The monoisotopic (exact) mass is 300 g/mol. The Kier molecular flexibility index (Phi) is 8.96. The first kappa shape index (κ1) is 17.9. The van der Waals surface area contributed by atoms with Crippen molar-refractivity contribution in [1.82, 2.24) is 20.9 Å². The van der Waals surface area contributed by atoms with E-state index < -0.39 is 6.03 Å². The van der Waals surface area contributed by atoms with Gasteiger partial charge in [-0.15, -0.1) is 0 Å². The summed E-state index contributed by atoms with van der Waals surface area (Å²) in [6.45, 7) is 7.10. The van der Waals surface area contributed by atoms with Gasteiger partial charge in [-0.05, 0) is 44.9 Å². The molecule has 1 fully saturated rings. The Morgan fingerprint density at radius 1 is 1.29 bits per heavy atom. The Morgan fingerprint density at radius 2 is 2.00 bits per heavy atom. The van der Waals surface area contributed by atoms with Crippen LogP contribution in [-0.2, 0) is 9.53 Å². The van der Waals surface area contributed by atoms with Gasteiger partial charge in [0.1, 0.15) is 0 Å². The molecule has 7 heteroatoms. The molecule has 122 valence electrons. The number of rotatable bonds is 8. The van der Waals surface area contributed by atoms with Crippen LogP contribution in [0.25, 0.3) is 0 Å². The third-order valence-corrected chi connectivity index (χ3v) is 3.60. The zero-order valence-corrected chi connectivity index (χ0v) is 13.1. The van der Waals surface area contributed by atoms with Gasteiger partial charge in [0.05, 0.1) is 13.2 Å². The zero-order chi connectivity index (χ0) is 15.5. The van der Waals surface area contributed by atoms with Crippen molar-refractivity contribution in [3.63, 3.8) is 0 Å². The molecule has 0 aromatic carbocycles. The standard InChI is InChI=1S/C14H28N4O3/c1-3-15-10-12-4-7-18(8-5-12)11-13(19)17-14(20)16-6-9-21-2/h12,15H,3-11H2,1-2H3,(H2,16,17,19,20). The van der Waals surface area contributed by atoms with E-state index in [1.54, 1.807) is 7.11 Å². The maximum absolute atomic E-state index is 11.8. The van der Waals surface area contributed by atoms with E-state index in [0.717, 1.165) is 39.0 Å². The highest BCUT2D eigenvalue weighted by Crippen LogP contribution is 2.15. The Labute approximate surface area is 126 Å². The number of nitrogens with one attached hydrogen (secondary N) is 3. The summed E-state index contributed by atoms with van der Waals surface area (Å²) in [7, 11) is 1.56. The van der Waals surface area contributed by atoms with Crippen molar-refractivity contribution >= 4 is 11.9 Å². The molecule has 1 heterocycles. The van der Waals surface area contributed by atoms with Gasteiger partial charge >= 0.3 is 6.03 Å². The molecule has 3 amide bonds. The first-order valence-corrected chi connectivity index (χ1v) is 7.65. The fraction of sp³-hybridized carbons (Fsp3) is 0.857. The smallest absolute Gasteiger partial charge is 0.321 e. The van der Waals surface area contributed by atoms with Crippen LogP contribution in [0, 0.1) is 5.92 Å². The van der Waals surface area contributed by atoms with Crippen molar-refractivity contribution < 1.29 is 14.3 Å². The molecule has 0 aromatic heterocycles. The molecule has 1 aliphatic heterocycles. The van der Waals surface area contributed by atoms with Gasteiger partial charge in [-0.3, -0.25) is 15.0 Å². The van der Waals surface area contributed by atoms with Crippen LogP contribution < -0.4 is 16.0 Å². The molecule has 0 aliphatic carbocycles. The fourth-order valence-electron chi connectivity index (χ4n) is 2.38. The molecule has 0 radical (unpaired) electrons. The molecule has 1 aliphatic rings. The van der Waals surface area contributed by atoms with E-state index in [1.165, 1.54) is 0 Å². The van der Waals surface area contributed by atoms with E-state index in [4.69, 9.17) is 4.74 Å². The maximum atomic E-state index is 11.8. The molecule has 0 spiro atoms. The highest BCUT2D eigenvalue weighted by Gasteiger charge is 2.20. The minimum Gasteiger partial charge on any atom is -0.383 e. The van der Waals surface area contributed by atoms with Gasteiger partial charge in [0.25, 0.3) is 0 Å². The summed E-state index contributed by atoms with van der Waals surface area (Å²) in [4.78, 5) is 25.3. The van der Waals surface area contributed by atoms with E-state index >= 15 is 0 Å². The highest BCUT2D eigenvalue weighted by molar-refractivity contribution is 5.95. The van der Waals surface area contributed by atoms with Crippen LogP contribution in [0.3, 0.4) is 0 Å². The molecule has 1 rings (SSSR count). The zero-order valence-electron chi connectivity index (χ0n) is 13.1. The summed E-state index contributed by atoms with van der Waals surface area (Å²) in [5.74, 6) is 0.441. The summed E-state index contributed by atoms with van der Waals surface area (Å²) in [5, 5.41) is 8.26. The quantitative estimate of drug-likeness (QED) is 0.540. The van der Waals surface area contributed by atoms with Crippen molar-refractivity contribution in [2.45, 2.75) is 19.8 Å². The lowest BCUT2D eigenvalue weighted by molar-refractivity contribution is -0.121. The van der Waals surface area contributed by atoms with Crippen molar-refractivity contribution in [1.29, 1.82) is 0 Å². The molecule has 1 saturated heterocycles. The van der Waals surface area contributed by atoms with Crippen LogP contribution >= 0.6 is 0 Å². The number of carbonyl (C=O) groups excluding carboxylic acids is 2. The number of hydrogen-bond acceptors (Lipinski definition) is 5. The molecule has 0 saturated carbocycles. The van der Waals surface area contributed by atoms with Crippen LogP contribution in [0.2, 0.25) is 0 Å². The van der Waals surface area contributed by atoms with E-state index in [9.17, 15) is 9.59 Å². The summed E-state index contributed by atoms with van der Waals surface area (Å²) in [6, 6.07) is -0.459. The van der Waals surface area contributed by atoms with Gasteiger partial charge in [-0.25, -0.2) is 4.79 Å². The van der Waals surface area contributed by atoms with Crippen LogP contribution in [0.4, 0.5) is 4.79 Å². The topological polar surface area (TPSA) is 82.7 Å². The molecule has 3 N–H and O–H groups in total. The fourth-order valence-corrected chi connectivity index (χ4v) is 2.38. The summed E-state index contributed by atoms with van der Waals surface area (Å²) < 4.78 is 4.82. The van der Waals surface area contributed by atoms with E-state index in [0.29, 0.717) is 19.1 Å². The molecule has 0 unspecified atom stereocenters. The second-order valence-electron chi connectivity index (χ2n) is 5.32.